The predicted octanol–water partition coefficient (Wildman–Crippen LogP) is 7.22. The quantitative estimate of drug-likeness (QED) is 0.251. The second-order valence-electron chi connectivity index (χ2n) is 7.64. The van der Waals surface area contributed by atoms with Gasteiger partial charge >= 0.3 is 12.2 Å². The Morgan fingerprint density at radius 3 is 2.36 bits per heavy atom. The molecule has 36 heavy (non-hydrogen) atoms. The van der Waals surface area contributed by atoms with Crippen LogP contribution in [0.15, 0.2) is 79.4 Å². The number of benzene rings is 2. The highest BCUT2D eigenvalue weighted by Crippen LogP contribution is 2.37. The SMILES string of the molecule is O=C(Nc1cccc(-c2ncnc3sc(-c4ccncc4)cc23)c1)Nc1ccc(F)c(C(F)(F)F)c1. The van der Waals surface area contributed by atoms with Gasteiger partial charge in [0.1, 0.15) is 17.0 Å². The van der Waals surface area contributed by atoms with Crippen LogP contribution in [-0.4, -0.2) is 21.0 Å². The van der Waals surface area contributed by atoms with Crippen LogP contribution in [-0.2, 0) is 6.18 Å². The van der Waals surface area contributed by atoms with Crippen molar-refractivity contribution in [1.82, 2.24) is 15.0 Å². The lowest BCUT2D eigenvalue weighted by atomic mass is 10.1. The number of aromatic nitrogens is 3. The number of halogens is 4. The molecule has 0 spiro atoms. The van der Waals surface area contributed by atoms with Crippen molar-refractivity contribution >= 4 is 39.0 Å². The van der Waals surface area contributed by atoms with Crippen LogP contribution in [0.25, 0.3) is 31.9 Å². The minimum atomic E-state index is -4.88. The molecule has 180 valence electrons. The molecule has 0 aliphatic heterocycles. The minimum Gasteiger partial charge on any atom is -0.308 e. The minimum absolute atomic E-state index is 0.197. The molecule has 5 aromatic rings. The first kappa shape index (κ1) is 23.4. The molecule has 5 rings (SSSR count). The fourth-order valence-electron chi connectivity index (χ4n) is 3.60. The average molecular weight is 509 g/mol. The maximum atomic E-state index is 13.5. The summed E-state index contributed by atoms with van der Waals surface area (Å²) in [6.07, 6.45) is 0.00316. The van der Waals surface area contributed by atoms with Crippen molar-refractivity contribution in [3.63, 3.8) is 0 Å². The van der Waals surface area contributed by atoms with Gasteiger partial charge in [0.2, 0.25) is 0 Å². The lowest BCUT2D eigenvalue weighted by molar-refractivity contribution is -0.139. The summed E-state index contributed by atoms with van der Waals surface area (Å²) in [5.41, 5.74) is 1.10. The molecule has 2 aromatic carbocycles. The maximum Gasteiger partial charge on any atom is 0.419 e. The summed E-state index contributed by atoms with van der Waals surface area (Å²) in [6, 6.07) is 14.1. The summed E-state index contributed by atoms with van der Waals surface area (Å²) in [7, 11) is 0. The molecule has 0 saturated heterocycles. The Morgan fingerprint density at radius 1 is 0.861 bits per heavy atom. The van der Waals surface area contributed by atoms with Crippen molar-refractivity contribution in [3.05, 3.63) is 90.8 Å². The summed E-state index contributed by atoms with van der Waals surface area (Å²) in [5.74, 6) is -1.42. The fourth-order valence-corrected chi connectivity index (χ4v) is 4.61. The molecule has 3 aromatic heterocycles. The zero-order valence-corrected chi connectivity index (χ0v) is 19.0. The van der Waals surface area contributed by atoms with E-state index >= 15 is 0 Å². The van der Waals surface area contributed by atoms with Crippen LogP contribution in [0.1, 0.15) is 5.56 Å². The summed E-state index contributed by atoms with van der Waals surface area (Å²) in [4.78, 5) is 27.0. The van der Waals surface area contributed by atoms with Gasteiger partial charge < -0.3 is 10.6 Å². The average Bonchev–Trinajstić information content (AvgIpc) is 3.30. The third-order valence-corrected chi connectivity index (χ3v) is 6.31. The Bertz CT molecular complexity index is 1570. The van der Waals surface area contributed by atoms with Crippen LogP contribution in [0, 0.1) is 5.82 Å². The van der Waals surface area contributed by atoms with E-state index < -0.39 is 23.6 Å². The number of hydrogen-bond acceptors (Lipinski definition) is 5. The van der Waals surface area contributed by atoms with E-state index in [9.17, 15) is 22.4 Å². The Hall–Kier alpha value is -4.38. The van der Waals surface area contributed by atoms with Crippen LogP contribution in [0.2, 0.25) is 0 Å². The third kappa shape index (κ3) is 4.86. The molecular formula is C25H15F4N5OS. The Morgan fingerprint density at radius 2 is 1.61 bits per heavy atom. The van der Waals surface area contributed by atoms with Gasteiger partial charge in [0.25, 0.3) is 0 Å². The number of carbonyl (C=O) groups excluding carboxylic acids is 1. The lowest BCUT2D eigenvalue weighted by Crippen LogP contribution is -2.20. The van der Waals surface area contributed by atoms with E-state index in [1.165, 1.54) is 17.7 Å². The van der Waals surface area contributed by atoms with E-state index in [-0.39, 0.29) is 5.69 Å². The van der Waals surface area contributed by atoms with Crippen LogP contribution in [0.3, 0.4) is 0 Å². The Balaban J connectivity index is 1.39. The number of urea groups is 1. The normalized spacial score (nSPS) is 11.4. The van der Waals surface area contributed by atoms with Crippen molar-refractivity contribution in [2.45, 2.75) is 6.18 Å². The maximum absolute atomic E-state index is 13.5. The zero-order valence-electron chi connectivity index (χ0n) is 18.2. The number of fused-ring (bicyclic) bond motifs is 1. The molecule has 0 fully saturated rings. The Kier molecular flexibility index (Phi) is 6.06. The van der Waals surface area contributed by atoms with E-state index in [4.69, 9.17) is 0 Å². The van der Waals surface area contributed by atoms with Crippen LogP contribution >= 0.6 is 11.3 Å². The van der Waals surface area contributed by atoms with Gasteiger partial charge in [0, 0.05) is 39.6 Å². The number of carbonyl (C=O) groups is 1. The number of alkyl halides is 3. The number of anilines is 2. The molecule has 2 N–H and O–H groups in total. The summed E-state index contributed by atoms with van der Waals surface area (Å²) in [6.45, 7) is 0. The Labute approximate surface area is 205 Å². The molecule has 0 unspecified atom stereocenters. The van der Waals surface area contributed by atoms with Crippen molar-refractivity contribution < 1.29 is 22.4 Å². The van der Waals surface area contributed by atoms with Gasteiger partial charge in [-0.15, -0.1) is 11.3 Å². The van der Waals surface area contributed by atoms with Gasteiger partial charge in [-0.1, -0.05) is 12.1 Å². The van der Waals surface area contributed by atoms with Gasteiger partial charge in [0.05, 0.1) is 11.3 Å². The van der Waals surface area contributed by atoms with Crippen LogP contribution in [0.4, 0.5) is 33.7 Å². The molecule has 3 heterocycles. The first-order valence-electron chi connectivity index (χ1n) is 10.5. The highest BCUT2D eigenvalue weighted by atomic mass is 32.1. The topological polar surface area (TPSA) is 79.8 Å². The number of nitrogens with zero attached hydrogens (tertiary/aromatic N) is 3. The van der Waals surface area contributed by atoms with Crippen molar-refractivity contribution in [3.8, 4) is 21.7 Å². The highest BCUT2D eigenvalue weighted by Gasteiger charge is 2.34. The zero-order chi connectivity index (χ0) is 25.3. The molecule has 0 aliphatic rings. The largest absolute Gasteiger partial charge is 0.419 e. The molecule has 6 nitrogen and oxygen atoms in total. The molecule has 0 atom stereocenters. The second-order valence-corrected chi connectivity index (χ2v) is 8.67. The van der Waals surface area contributed by atoms with Gasteiger partial charge in [-0.3, -0.25) is 4.98 Å². The number of amides is 2. The third-order valence-electron chi connectivity index (χ3n) is 5.22. The second kappa shape index (κ2) is 9.34. The predicted molar refractivity (Wildman–Crippen MR) is 130 cm³/mol. The summed E-state index contributed by atoms with van der Waals surface area (Å²) < 4.78 is 52.3. The molecular weight excluding hydrogens is 494 g/mol. The number of thiophene rings is 1. The van der Waals surface area contributed by atoms with E-state index in [1.807, 2.05) is 24.3 Å². The first-order valence-corrected chi connectivity index (χ1v) is 11.3. The first-order chi connectivity index (χ1) is 17.3. The summed E-state index contributed by atoms with van der Waals surface area (Å²) in [5, 5.41) is 5.71. The van der Waals surface area contributed by atoms with Crippen molar-refractivity contribution in [1.29, 1.82) is 0 Å². The van der Waals surface area contributed by atoms with Crippen molar-refractivity contribution in [2.75, 3.05) is 10.6 Å². The monoisotopic (exact) mass is 509 g/mol. The fraction of sp³-hybridized carbons (Fsp3) is 0.0400. The van der Waals surface area contributed by atoms with Gasteiger partial charge in [0.15, 0.2) is 0 Å². The molecule has 0 radical (unpaired) electrons. The summed E-state index contributed by atoms with van der Waals surface area (Å²) >= 11 is 1.51. The molecule has 0 aliphatic carbocycles. The van der Waals surface area contributed by atoms with E-state index in [1.54, 1.807) is 30.6 Å². The molecule has 2 amide bonds. The van der Waals surface area contributed by atoms with Gasteiger partial charge in [-0.25, -0.2) is 19.2 Å². The number of rotatable bonds is 4. The van der Waals surface area contributed by atoms with Gasteiger partial charge in [-0.05, 0) is 54.1 Å². The van der Waals surface area contributed by atoms with Crippen LogP contribution < -0.4 is 10.6 Å². The number of pyridine rings is 1. The lowest BCUT2D eigenvalue weighted by Gasteiger charge is -2.12. The standard InChI is InChI=1S/C25H15F4N5OS/c26-20-5-4-17(11-19(20)25(27,28)29)34-24(35)33-16-3-1-2-15(10-16)22-18-12-21(14-6-8-30-9-7-14)36-23(18)32-13-31-22/h1-13H,(H2,33,34,35). The number of hydrogen-bond donors (Lipinski definition) is 2. The molecule has 11 heteroatoms. The van der Waals surface area contributed by atoms with Gasteiger partial charge in [-0.2, -0.15) is 13.2 Å². The molecule has 0 bridgehead atoms. The van der Waals surface area contributed by atoms with Crippen molar-refractivity contribution in [2.24, 2.45) is 0 Å². The van der Waals surface area contributed by atoms with E-state index in [0.717, 1.165) is 26.7 Å². The van der Waals surface area contributed by atoms with E-state index in [0.29, 0.717) is 29.1 Å². The smallest absolute Gasteiger partial charge is 0.308 e. The van der Waals surface area contributed by atoms with E-state index in [2.05, 4.69) is 25.6 Å². The number of nitrogens with one attached hydrogen (secondary N) is 2. The highest BCUT2D eigenvalue weighted by molar-refractivity contribution is 7.21. The van der Waals surface area contributed by atoms with Crippen LogP contribution in [0.5, 0.6) is 0 Å². The molecule has 0 saturated carbocycles.